The molecule has 3 amide bonds. The van der Waals surface area contributed by atoms with Gasteiger partial charge in [0, 0.05) is 36.6 Å². The summed E-state index contributed by atoms with van der Waals surface area (Å²) in [5, 5.41) is 25.6. The van der Waals surface area contributed by atoms with Gasteiger partial charge in [0.15, 0.2) is 0 Å². The number of carbonyl (C=O) groups is 4. The van der Waals surface area contributed by atoms with Gasteiger partial charge in [0.05, 0.1) is 25.3 Å². The molecule has 2 heterocycles. The first-order chi connectivity index (χ1) is 15.2. The summed E-state index contributed by atoms with van der Waals surface area (Å²) >= 11 is 0. The Morgan fingerprint density at radius 1 is 0.938 bits per heavy atom. The fourth-order valence-corrected chi connectivity index (χ4v) is 2.67. The normalized spacial score (nSPS) is 14.6. The van der Waals surface area contributed by atoms with Crippen molar-refractivity contribution in [2.75, 3.05) is 6.61 Å². The summed E-state index contributed by atoms with van der Waals surface area (Å²) in [6.07, 6.45) is 5.84. The van der Waals surface area contributed by atoms with Gasteiger partial charge in [-0.05, 0) is 6.92 Å². The molecule has 0 saturated carbocycles. The van der Waals surface area contributed by atoms with E-state index in [2.05, 4.69) is 35.9 Å². The van der Waals surface area contributed by atoms with Crippen molar-refractivity contribution in [2.24, 2.45) is 5.73 Å². The molecular formula is C18H26N8O6. The average Bonchev–Trinajstić information content (AvgIpc) is 3.45. The number of rotatable bonds is 12. The molecule has 0 spiro atoms. The Labute approximate surface area is 182 Å². The number of aromatic nitrogens is 4. The van der Waals surface area contributed by atoms with Gasteiger partial charge in [-0.1, -0.05) is 0 Å². The summed E-state index contributed by atoms with van der Waals surface area (Å²) in [5.41, 5.74) is 6.94. The molecular weight excluding hydrogens is 424 g/mol. The maximum atomic E-state index is 12.6. The van der Waals surface area contributed by atoms with Crippen molar-refractivity contribution in [3.8, 4) is 0 Å². The minimum Gasteiger partial charge on any atom is -0.480 e. The molecule has 0 aliphatic heterocycles. The number of hydrogen-bond donors (Lipinski definition) is 8. The predicted molar refractivity (Wildman–Crippen MR) is 109 cm³/mol. The van der Waals surface area contributed by atoms with Crippen LogP contribution in [-0.4, -0.2) is 84.6 Å². The monoisotopic (exact) mass is 450 g/mol. The molecule has 4 atom stereocenters. The first-order valence-corrected chi connectivity index (χ1v) is 9.66. The maximum absolute atomic E-state index is 12.6. The van der Waals surface area contributed by atoms with Crippen molar-refractivity contribution in [3.63, 3.8) is 0 Å². The number of H-pyrrole nitrogens is 2. The first kappa shape index (κ1) is 24.5. The number of nitrogens with zero attached hydrogens (tertiary/aromatic N) is 2. The Hall–Kier alpha value is -3.78. The van der Waals surface area contributed by atoms with Crippen LogP contribution in [0.2, 0.25) is 0 Å². The summed E-state index contributed by atoms with van der Waals surface area (Å²) in [7, 11) is 0. The van der Waals surface area contributed by atoms with E-state index in [1.165, 1.54) is 32.0 Å². The number of carboxylic acids is 1. The number of aliphatic hydroxyl groups excluding tert-OH is 1. The summed E-state index contributed by atoms with van der Waals surface area (Å²) in [5.74, 6) is -3.56. The topological polar surface area (TPSA) is 228 Å². The highest BCUT2D eigenvalue weighted by Crippen LogP contribution is 2.02. The van der Waals surface area contributed by atoms with Gasteiger partial charge in [-0.15, -0.1) is 0 Å². The zero-order chi connectivity index (χ0) is 23.7. The van der Waals surface area contributed by atoms with Crippen molar-refractivity contribution >= 4 is 23.7 Å². The van der Waals surface area contributed by atoms with E-state index in [1.807, 2.05) is 0 Å². The number of carbonyl (C=O) groups excluding carboxylic acids is 3. The summed E-state index contributed by atoms with van der Waals surface area (Å²) < 4.78 is 0. The smallest absolute Gasteiger partial charge is 0.325 e. The number of nitrogens with two attached hydrogens (primary N) is 1. The van der Waals surface area contributed by atoms with E-state index < -0.39 is 54.5 Å². The molecule has 0 aliphatic carbocycles. The van der Waals surface area contributed by atoms with Crippen molar-refractivity contribution in [1.29, 1.82) is 0 Å². The molecule has 0 fully saturated rings. The molecule has 174 valence electrons. The fraction of sp³-hybridized carbons (Fsp3) is 0.444. The highest BCUT2D eigenvalue weighted by molar-refractivity contribution is 5.94. The summed E-state index contributed by atoms with van der Waals surface area (Å²) in [6, 6.07) is -4.80. The number of carboxylic acid groups (broad SMARTS) is 1. The minimum atomic E-state index is -1.38. The van der Waals surface area contributed by atoms with Crippen LogP contribution in [0.5, 0.6) is 0 Å². The molecule has 0 bridgehead atoms. The molecule has 2 aromatic rings. The quantitative estimate of drug-likeness (QED) is 0.162. The van der Waals surface area contributed by atoms with Crippen LogP contribution in [0.25, 0.3) is 0 Å². The molecule has 14 heteroatoms. The predicted octanol–water partition coefficient (Wildman–Crippen LogP) is -3.20. The Morgan fingerprint density at radius 3 is 1.97 bits per heavy atom. The van der Waals surface area contributed by atoms with Gasteiger partial charge in [0.2, 0.25) is 17.7 Å². The van der Waals surface area contributed by atoms with E-state index in [0.29, 0.717) is 11.4 Å². The van der Waals surface area contributed by atoms with Crippen LogP contribution >= 0.6 is 0 Å². The van der Waals surface area contributed by atoms with E-state index in [4.69, 9.17) is 10.8 Å². The lowest BCUT2D eigenvalue weighted by molar-refractivity contribution is -0.141. The molecule has 14 nitrogen and oxygen atoms in total. The Kier molecular flexibility index (Phi) is 8.85. The Bertz CT molecular complexity index is 901. The SMILES string of the molecule is CC(NC(=O)C(Cc1cnc[nH]1)NC(=O)C(CO)NC(=O)C(N)Cc1cnc[nH]1)C(=O)O. The number of amides is 3. The summed E-state index contributed by atoms with van der Waals surface area (Å²) in [4.78, 5) is 61.8. The van der Waals surface area contributed by atoms with Crippen molar-refractivity contribution in [2.45, 2.75) is 43.9 Å². The maximum Gasteiger partial charge on any atom is 0.325 e. The average molecular weight is 450 g/mol. The molecule has 2 aromatic heterocycles. The highest BCUT2D eigenvalue weighted by atomic mass is 16.4. The van der Waals surface area contributed by atoms with E-state index >= 15 is 0 Å². The van der Waals surface area contributed by atoms with Crippen molar-refractivity contribution in [1.82, 2.24) is 35.9 Å². The van der Waals surface area contributed by atoms with E-state index in [1.54, 1.807) is 0 Å². The van der Waals surface area contributed by atoms with Gasteiger partial charge in [-0.2, -0.15) is 0 Å². The number of nitrogens with one attached hydrogen (secondary N) is 5. The van der Waals surface area contributed by atoms with Crippen molar-refractivity contribution < 1.29 is 29.4 Å². The third kappa shape index (κ3) is 7.17. The zero-order valence-corrected chi connectivity index (χ0v) is 17.2. The van der Waals surface area contributed by atoms with Gasteiger partial charge in [-0.25, -0.2) is 9.97 Å². The largest absolute Gasteiger partial charge is 0.480 e. The molecule has 0 aromatic carbocycles. The molecule has 32 heavy (non-hydrogen) atoms. The third-order valence-electron chi connectivity index (χ3n) is 4.49. The lowest BCUT2D eigenvalue weighted by Crippen LogP contribution is -2.58. The number of aromatic amines is 2. The van der Waals surface area contributed by atoms with Gasteiger partial charge >= 0.3 is 5.97 Å². The lowest BCUT2D eigenvalue weighted by atomic mass is 10.1. The molecule has 0 radical (unpaired) electrons. The van der Waals surface area contributed by atoms with Crippen LogP contribution < -0.4 is 21.7 Å². The van der Waals surface area contributed by atoms with Gasteiger partial charge in [0.25, 0.3) is 0 Å². The number of aliphatic carboxylic acids is 1. The van der Waals surface area contributed by atoms with E-state index in [-0.39, 0.29) is 12.8 Å². The fourth-order valence-electron chi connectivity index (χ4n) is 2.67. The molecule has 2 rings (SSSR count). The molecule has 9 N–H and O–H groups in total. The van der Waals surface area contributed by atoms with Crippen LogP contribution in [0, 0.1) is 0 Å². The van der Waals surface area contributed by atoms with Crippen LogP contribution in [0.3, 0.4) is 0 Å². The number of aliphatic hydroxyl groups is 1. The van der Waals surface area contributed by atoms with Gasteiger partial charge in [0.1, 0.15) is 18.1 Å². The van der Waals surface area contributed by atoms with Crippen LogP contribution in [0.4, 0.5) is 0 Å². The molecule has 0 aliphatic rings. The summed E-state index contributed by atoms with van der Waals surface area (Å²) in [6.45, 7) is 0.519. The lowest BCUT2D eigenvalue weighted by Gasteiger charge is -2.23. The highest BCUT2D eigenvalue weighted by Gasteiger charge is 2.29. The Balaban J connectivity index is 2.03. The minimum absolute atomic E-state index is 0.0324. The second kappa shape index (κ2) is 11.6. The van der Waals surface area contributed by atoms with Crippen LogP contribution in [0.15, 0.2) is 25.0 Å². The standard InChI is InChI=1S/C18H26N8O6/c1-9(18(31)32)24-16(29)13(3-11-5-21-8-23-11)25-17(30)14(6-27)26-15(28)12(19)2-10-4-20-7-22-10/h4-5,7-9,12-14,27H,2-3,6,19H2,1H3,(H,20,22)(H,21,23)(H,24,29)(H,25,30)(H,26,28)(H,31,32). The third-order valence-corrected chi connectivity index (χ3v) is 4.49. The Morgan fingerprint density at radius 2 is 1.47 bits per heavy atom. The van der Waals surface area contributed by atoms with Crippen molar-refractivity contribution in [3.05, 3.63) is 36.4 Å². The van der Waals surface area contributed by atoms with Gasteiger partial charge < -0.3 is 41.9 Å². The number of imidazole rings is 2. The second-order valence-electron chi connectivity index (χ2n) is 7.04. The van der Waals surface area contributed by atoms with Gasteiger partial charge in [-0.3, -0.25) is 19.2 Å². The van der Waals surface area contributed by atoms with Crippen LogP contribution in [0.1, 0.15) is 18.3 Å². The molecule has 0 saturated heterocycles. The zero-order valence-electron chi connectivity index (χ0n) is 17.2. The number of hydrogen-bond acceptors (Lipinski definition) is 8. The van der Waals surface area contributed by atoms with Crippen LogP contribution in [-0.2, 0) is 32.0 Å². The van der Waals surface area contributed by atoms with E-state index in [9.17, 15) is 24.3 Å². The van der Waals surface area contributed by atoms with E-state index in [0.717, 1.165) is 0 Å². The first-order valence-electron chi connectivity index (χ1n) is 9.66. The second-order valence-corrected chi connectivity index (χ2v) is 7.04. The molecule has 4 unspecified atom stereocenters.